The molecule has 108 valence electrons. The lowest BCUT2D eigenvalue weighted by Crippen LogP contribution is -2.42. The van der Waals surface area contributed by atoms with Gasteiger partial charge in [-0.1, -0.05) is 29.8 Å². The number of aliphatic carboxylic acids is 1. The van der Waals surface area contributed by atoms with Crippen LogP contribution in [0.4, 0.5) is 4.79 Å². The third-order valence-corrected chi connectivity index (χ3v) is 3.38. The highest BCUT2D eigenvalue weighted by Crippen LogP contribution is 2.26. The van der Waals surface area contributed by atoms with E-state index in [4.69, 9.17) is 5.11 Å². The summed E-state index contributed by atoms with van der Waals surface area (Å²) in [6.07, 6.45) is 1.93. The molecule has 0 unspecified atom stereocenters. The molecule has 1 aliphatic rings. The van der Waals surface area contributed by atoms with Gasteiger partial charge in [0.15, 0.2) is 0 Å². The zero-order valence-corrected chi connectivity index (χ0v) is 11.6. The Bertz CT molecular complexity index is 480. The van der Waals surface area contributed by atoms with Gasteiger partial charge in [0.05, 0.1) is 6.42 Å². The first kappa shape index (κ1) is 14.4. The minimum absolute atomic E-state index is 0.00550. The zero-order valence-electron chi connectivity index (χ0n) is 11.6. The summed E-state index contributed by atoms with van der Waals surface area (Å²) >= 11 is 0. The van der Waals surface area contributed by atoms with Gasteiger partial charge in [0, 0.05) is 19.1 Å². The third-order valence-electron chi connectivity index (χ3n) is 3.38. The Morgan fingerprint density at radius 1 is 1.30 bits per heavy atom. The second-order valence-electron chi connectivity index (χ2n) is 5.21. The van der Waals surface area contributed by atoms with Crippen LogP contribution in [0.25, 0.3) is 0 Å². The fourth-order valence-electron chi connectivity index (χ4n) is 2.04. The van der Waals surface area contributed by atoms with E-state index in [1.54, 1.807) is 4.90 Å². The lowest BCUT2D eigenvalue weighted by atomic mass is 10.1. The van der Waals surface area contributed by atoms with Crippen molar-refractivity contribution in [1.29, 1.82) is 0 Å². The van der Waals surface area contributed by atoms with E-state index in [-0.39, 0.29) is 25.0 Å². The number of rotatable bonds is 6. The average Bonchev–Trinajstić information content (AvgIpc) is 3.22. The highest BCUT2D eigenvalue weighted by Gasteiger charge is 2.32. The van der Waals surface area contributed by atoms with Gasteiger partial charge in [-0.15, -0.1) is 0 Å². The molecule has 0 aliphatic heterocycles. The van der Waals surface area contributed by atoms with E-state index < -0.39 is 5.97 Å². The van der Waals surface area contributed by atoms with Gasteiger partial charge in [0.2, 0.25) is 0 Å². The van der Waals surface area contributed by atoms with Crippen molar-refractivity contribution in [3.05, 3.63) is 35.4 Å². The molecule has 2 rings (SSSR count). The van der Waals surface area contributed by atoms with Crippen molar-refractivity contribution >= 4 is 12.0 Å². The SMILES string of the molecule is Cc1ccc(CNC(=O)N(CCC(=O)O)C2CC2)cc1. The van der Waals surface area contributed by atoms with Crippen molar-refractivity contribution in [2.75, 3.05) is 6.54 Å². The summed E-state index contributed by atoms with van der Waals surface area (Å²) in [6, 6.07) is 8.01. The first-order chi connectivity index (χ1) is 9.56. The van der Waals surface area contributed by atoms with Gasteiger partial charge >= 0.3 is 12.0 Å². The molecule has 2 amide bonds. The molecule has 0 atom stereocenters. The fraction of sp³-hybridized carbons (Fsp3) is 0.467. The predicted molar refractivity (Wildman–Crippen MR) is 75.4 cm³/mol. The van der Waals surface area contributed by atoms with Crippen LogP contribution in [0, 0.1) is 6.92 Å². The lowest BCUT2D eigenvalue weighted by Gasteiger charge is -2.22. The summed E-state index contributed by atoms with van der Waals surface area (Å²) in [7, 11) is 0. The molecule has 0 bridgehead atoms. The molecule has 0 spiro atoms. The van der Waals surface area contributed by atoms with Crippen LogP contribution in [-0.2, 0) is 11.3 Å². The number of amides is 2. The van der Waals surface area contributed by atoms with Crippen LogP contribution < -0.4 is 5.32 Å². The molecule has 1 aliphatic carbocycles. The van der Waals surface area contributed by atoms with E-state index in [2.05, 4.69) is 5.32 Å². The Morgan fingerprint density at radius 2 is 1.95 bits per heavy atom. The summed E-state index contributed by atoms with van der Waals surface area (Å²) in [6.45, 7) is 2.76. The van der Waals surface area contributed by atoms with Crippen molar-refractivity contribution in [2.24, 2.45) is 0 Å². The second kappa shape index (κ2) is 6.41. The van der Waals surface area contributed by atoms with Crippen molar-refractivity contribution in [3.63, 3.8) is 0 Å². The number of carboxylic acids is 1. The number of carboxylic acid groups (broad SMARTS) is 1. The number of hydrogen-bond donors (Lipinski definition) is 2. The van der Waals surface area contributed by atoms with E-state index in [1.165, 1.54) is 5.56 Å². The molecule has 5 heteroatoms. The number of benzene rings is 1. The number of hydrogen-bond acceptors (Lipinski definition) is 2. The van der Waals surface area contributed by atoms with Crippen molar-refractivity contribution in [1.82, 2.24) is 10.2 Å². The van der Waals surface area contributed by atoms with Gasteiger partial charge < -0.3 is 15.3 Å². The van der Waals surface area contributed by atoms with Gasteiger partial charge in [-0.25, -0.2) is 4.79 Å². The first-order valence-electron chi connectivity index (χ1n) is 6.88. The summed E-state index contributed by atoms with van der Waals surface area (Å²) in [5, 5.41) is 11.6. The molecule has 20 heavy (non-hydrogen) atoms. The molecule has 0 saturated heterocycles. The zero-order chi connectivity index (χ0) is 14.5. The minimum Gasteiger partial charge on any atom is -0.481 e. The third kappa shape index (κ3) is 4.26. The molecule has 5 nitrogen and oxygen atoms in total. The number of nitrogens with zero attached hydrogens (tertiary/aromatic N) is 1. The molecule has 0 aromatic heterocycles. The van der Waals surface area contributed by atoms with E-state index >= 15 is 0 Å². The molecule has 1 aromatic rings. The van der Waals surface area contributed by atoms with Crippen LogP contribution >= 0.6 is 0 Å². The smallest absolute Gasteiger partial charge is 0.317 e. The molecule has 1 fully saturated rings. The fourth-order valence-corrected chi connectivity index (χ4v) is 2.04. The monoisotopic (exact) mass is 276 g/mol. The van der Waals surface area contributed by atoms with Gasteiger partial charge in [-0.05, 0) is 25.3 Å². The van der Waals surface area contributed by atoms with E-state index in [0.29, 0.717) is 6.54 Å². The van der Waals surface area contributed by atoms with Crippen LogP contribution in [-0.4, -0.2) is 34.6 Å². The maximum Gasteiger partial charge on any atom is 0.317 e. The average molecular weight is 276 g/mol. The topological polar surface area (TPSA) is 69.6 Å². The largest absolute Gasteiger partial charge is 0.481 e. The van der Waals surface area contributed by atoms with Gasteiger partial charge in [0.25, 0.3) is 0 Å². The van der Waals surface area contributed by atoms with Crippen LogP contribution in [0.15, 0.2) is 24.3 Å². The van der Waals surface area contributed by atoms with E-state index in [9.17, 15) is 9.59 Å². The van der Waals surface area contributed by atoms with Crippen LogP contribution in [0.2, 0.25) is 0 Å². The van der Waals surface area contributed by atoms with Crippen molar-refractivity contribution in [2.45, 2.75) is 38.8 Å². The molecule has 0 heterocycles. The highest BCUT2D eigenvalue weighted by molar-refractivity contribution is 5.76. The number of nitrogens with one attached hydrogen (secondary N) is 1. The predicted octanol–water partition coefficient (Wildman–Crippen LogP) is 2.14. The maximum atomic E-state index is 12.1. The molecule has 1 aromatic carbocycles. The Balaban J connectivity index is 1.85. The Kier molecular flexibility index (Phi) is 4.61. The summed E-state index contributed by atoms with van der Waals surface area (Å²) in [5.41, 5.74) is 2.22. The molecule has 0 radical (unpaired) electrons. The normalized spacial score (nSPS) is 13.8. The Labute approximate surface area is 118 Å². The summed E-state index contributed by atoms with van der Waals surface area (Å²) < 4.78 is 0. The van der Waals surface area contributed by atoms with Crippen LogP contribution in [0.1, 0.15) is 30.4 Å². The summed E-state index contributed by atoms with van der Waals surface area (Å²) in [4.78, 5) is 24.4. The Morgan fingerprint density at radius 3 is 2.50 bits per heavy atom. The van der Waals surface area contributed by atoms with Crippen LogP contribution in [0.3, 0.4) is 0 Å². The van der Waals surface area contributed by atoms with Crippen molar-refractivity contribution < 1.29 is 14.7 Å². The van der Waals surface area contributed by atoms with Crippen LogP contribution in [0.5, 0.6) is 0 Å². The number of aryl methyl sites for hydroxylation is 1. The van der Waals surface area contributed by atoms with Gasteiger partial charge in [-0.2, -0.15) is 0 Å². The molecule has 1 saturated carbocycles. The van der Waals surface area contributed by atoms with Gasteiger partial charge in [-0.3, -0.25) is 4.79 Å². The summed E-state index contributed by atoms with van der Waals surface area (Å²) in [5.74, 6) is -0.873. The Hall–Kier alpha value is -2.04. The minimum atomic E-state index is -0.873. The first-order valence-corrected chi connectivity index (χ1v) is 6.88. The number of carbonyl (C=O) groups excluding carboxylic acids is 1. The highest BCUT2D eigenvalue weighted by atomic mass is 16.4. The lowest BCUT2D eigenvalue weighted by molar-refractivity contribution is -0.137. The van der Waals surface area contributed by atoms with Crippen molar-refractivity contribution in [3.8, 4) is 0 Å². The van der Waals surface area contributed by atoms with E-state index in [0.717, 1.165) is 18.4 Å². The molecular weight excluding hydrogens is 256 g/mol. The quantitative estimate of drug-likeness (QED) is 0.836. The molecule has 2 N–H and O–H groups in total. The molecular formula is C15H20N2O3. The van der Waals surface area contributed by atoms with Gasteiger partial charge in [0.1, 0.15) is 0 Å². The number of urea groups is 1. The maximum absolute atomic E-state index is 12.1. The second-order valence-corrected chi connectivity index (χ2v) is 5.21. The standard InChI is InChI=1S/C15H20N2O3/c1-11-2-4-12(5-3-11)10-16-15(20)17(13-6-7-13)9-8-14(18)19/h2-5,13H,6-10H2,1H3,(H,16,20)(H,18,19). The van der Waals surface area contributed by atoms with E-state index in [1.807, 2.05) is 31.2 Å². The number of carbonyl (C=O) groups is 2.